The van der Waals surface area contributed by atoms with Crippen LogP contribution in [0.3, 0.4) is 0 Å². The molecular weight excluding hydrogens is 515 g/mol. The number of carbonyl (C=O) groups is 2. The minimum absolute atomic E-state index is 0.0395. The van der Waals surface area contributed by atoms with Crippen LogP contribution in [0.4, 0.5) is 35.9 Å². The number of aliphatic carboxylic acids is 1. The highest BCUT2D eigenvalue weighted by atomic mass is 19.4. The maximum atomic E-state index is 13.8. The molecule has 3 aromatic carbocycles. The summed E-state index contributed by atoms with van der Waals surface area (Å²) in [6, 6.07) is 13.6. The van der Waals surface area contributed by atoms with Gasteiger partial charge in [0, 0.05) is 28.8 Å². The normalized spacial score (nSPS) is 18.4. The van der Waals surface area contributed by atoms with Crippen LogP contribution in [0.2, 0.25) is 0 Å². The molecule has 0 radical (unpaired) electrons. The number of ether oxygens (including phenoxy) is 2. The number of para-hydroxylation sites is 1. The van der Waals surface area contributed by atoms with Crippen molar-refractivity contribution in [1.29, 1.82) is 0 Å². The molecule has 0 aromatic heterocycles. The van der Waals surface area contributed by atoms with Crippen molar-refractivity contribution in [2.45, 2.75) is 32.0 Å². The third-order valence-electron chi connectivity index (χ3n) is 7.13. The van der Waals surface area contributed by atoms with E-state index < -0.39 is 35.9 Å². The number of alkyl halides is 3. The first kappa shape index (κ1) is 26.2. The lowest BCUT2D eigenvalue weighted by Crippen LogP contribution is -2.44. The van der Waals surface area contributed by atoms with Gasteiger partial charge >= 0.3 is 18.1 Å². The summed E-state index contributed by atoms with van der Waals surface area (Å²) in [4.78, 5) is 24.9. The molecule has 4 N–H and O–H groups in total. The third-order valence-corrected chi connectivity index (χ3v) is 7.13. The van der Waals surface area contributed by atoms with Crippen LogP contribution < -0.4 is 25.4 Å². The monoisotopic (exact) mass is 541 g/mol. The van der Waals surface area contributed by atoms with Crippen molar-refractivity contribution in [3.05, 3.63) is 71.3 Å². The van der Waals surface area contributed by atoms with Gasteiger partial charge in [-0.2, -0.15) is 13.2 Å². The lowest BCUT2D eigenvalue weighted by molar-refractivity contribution is -0.171. The first-order valence-corrected chi connectivity index (χ1v) is 12.2. The summed E-state index contributed by atoms with van der Waals surface area (Å²) >= 11 is 0. The maximum Gasteiger partial charge on any atom is 0.471 e. The van der Waals surface area contributed by atoms with Crippen LogP contribution in [0, 0.1) is 12.8 Å². The highest BCUT2D eigenvalue weighted by Crippen LogP contribution is 2.47. The van der Waals surface area contributed by atoms with E-state index in [1.807, 2.05) is 13.0 Å². The number of benzene rings is 3. The number of aryl methyl sites for hydroxylation is 1. The van der Waals surface area contributed by atoms with Crippen LogP contribution in [-0.4, -0.2) is 36.4 Å². The zero-order valence-corrected chi connectivity index (χ0v) is 21.1. The Labute approximate surface area is 222 Å². The summed E-state index contributed by atoms with van der Waals surface area (Å²) < 4.78 is 53.0. The minimum atomic E-state index is -5.16. The number of nitrogens with one attached hydrogen (secondary N) is 1. The van der Waals surface area contributed by atoms with Crippen molar-refractivity contribution in [3.63, 3.8) is 0 Å². The molecule has 39 heavy (non-hydrogen) atoms. The average molecular weight is 542 g/mol. The van der Waals surface area contributed by atoms with Gasteiger partial charge in [-0.3, -0.25) is 14.5 Å². The number of nitrogens with zero attached hydrogens (tertiary/aromatic N) is 1. The van der Waals surface area contributed by atoms with E-state index >= 15 is 0 Å². The predicted octanol–water partition coefficient (Wildman–Crippen LogP) is 5.55. The number of nitrogen functional groups attached to an aromatic ring is 1. The van der Waals surface area contributed by atoms with E-state index in [1.165, 1.54) is 18.2 Å². The van der Waals surface area contributed by atoms with Crippen molar-refractivity contribution in [2.75, 3.05) is 29.2 Å². The highest BCUT2D eigenvalue weighted by molar-refractivity contribution is 5.98. The third kappa shape index (κ3) is 4.80. The van der Waals surface area contributed by atoms with Gasteiger partial charge in [-0.1, -0.05) is 31.2 Å². The molecular formula is C28H26F3N3O5. The molecule has 2 heterocycles. The molecule has 0 bridgehead atoms. The summed E-state index contributed by atoms with van der Waals surface area (Å²) in [6.45, 7) is 3.31. The van der Waals surface area contributed by atoms with E-state index in [2.05, 4.69) is 5.32 Å². The number of carboxylic acids is 1. The maximum absolute atomic E-state index is 13.8. The standard InChI is InChI=1S/C28H26F3N3O5/c1-14-6-9-21(20(32)10-14)33-22-5-3-4-18-23(13-39-25(18)22)34(27(37)28(29,30)31)16-7-8-17-19(15(2)26(35)36)12-38-24(17)11-16/h3-11,15,19,23,33H,12-13,32H2,1-2H3,(H,35,36)/t15?,19-,23?/m0/s1. The Bertz CT molecular complexity index is 1460. The zero-order chi connectivity index (χ0) is 28.1. The first-order valence-electron chi connectivity index (χ1n) is 12.2. The Balaban J connectivity index is 1.52. The van der Waals surface area contributed by atoms with Crippen LogP contribution in [-0.2, 0) is 9.59 Å². The molecule has 0 spiro atoms. The van der Waals surface area contributed by atoms with Crippen molar-refractivity contribution in [2.24, 2.45) is 5.92 Å². The summed E-state index contributed by atoms with van der Waals surface area (Å²) in [5.74, 6) is -3.72. The molecule has 3 atom stereocenters. The van der Waals surface area contributed by atoms with Gasteiger partial charge in [-0.05, 0) is 36.8 Å². The Hall–Kier alpha value is -4.41. The quantitative estimate of drug-likeness (QED) is 0.351. The Morgan fingerprint density at radius 1 is 1.05 bits per heavy atom. The van der Waals surface area contributed by atoms with Crippen LogP contribution in [0.1, 0.15) is 35.6 Å². The molecule has 0 aliphatic carbocycles. The molecule has 0 saturated carbocycles. The molecule has 1 amide bonds. The van der Waals surface area contributed by atoms with Gasteiger partial charge in [0.05, 0.1) is 35.6 Å². The number of carboxylic acid groups (broad SMARTS) is 1. The molecule has 2 aliphatic heterocycles. The Morgan fingerprint density at radius 2 is 1.82 bits per heavy atom. The van der Waals surface area contributed by atoms with Gasteiger partial charge in [-0.15, -0.1) is 0 Å². The minimum Gasteiger partial charge on any atom is -0.493 e. The van der Waals surface area contributed by atoms with E-state index in [-0.39, 0.29) is 24.7 Å². The predicted molar refractivity (Wildman–Crippen MR) is 139 cm³/mol. The summed E-state index contributed by atoms with van der Waals surface area (Å²) in [7, 11) is 0. The van der Waals surface area contributed by atoms with E-state index in [4.69, 9.17) is 15.2 Å². The zero-order valence-electron chi connectivity index (χ0n) is 21.1. The van der Waals surface area contributed by atoms with Gasteiger partial charge in [0.2, 0.25) is 0 Å². The number of halogens is 3. The van der Waals surface area contributed by atoms with Crippen LogP contribution >= 0.6 is 0 Å². The number of hydrogen-bond donors (Lipinski definition) is 3. The van der Waals surface area contributed by atoms with Gasteiger partial charge in [0.25, 0.3) is 0 Å². The van der Waals surface area contributed by atoms with E-state index in [1.54, 1.807) is 37.3 Å². The van der Waals surface area contributed by atoms with Gasteiger partial charge < -0.3 is 25.6 Å². The average Bonchev–Trinajstić information content (AvgIpc) is 3.50. The number of amides is 1. The number of fused-ring (bicyclic) bond motifs is 2. The first-order chi connectivity index (χ1) is 18.5. The van der Waals surface area contributed by atoms with Crippen LogP contribution in [0.15, 0.2) is 54.6 Å². The number of carbonyl (C=O) groups excluding carboxylic acids is 1. The van der Waals surface area contributed by atoms with Crippen molar-refractivity contribution in [3.8, 4) is 11.5 Å². The molecule has 8 nitrogen and oxygen atoms in total. The summed E-state index contributed by atoms with van der Waals surface area (Å²) in [6.07, 6.45) is -5.16. The SMILES string of the molecule is Cc1ccc(Nc2cccc3c2OCC3N(C(=O)C(F)(F)F)c2ccc3c(c2)OC[C@H]3C(C)C(=O)O)c(N)c1. The molecule has 3 aromatic rings. The summed E-state index contributed by atoms with van der Waals surface area (Å²) in [5.41, 5.74) is 9.59. The fourth-order valence-electron chi connectivity index (χ4n) is 5.02. The molecule has 2 aliphatic rings. The fourth-order valence-corrected chi connectivity index (χ4v) is 5.02. The largest absolute Gasteiger partial charge is 0.493 e. The van der Waals surface area contributed by atoms with Gasteiger partial charge in [0.1, 0.15) is 18.1 Å². The second-order valence-corrected chi connectivity index (χ2v) is 9.71. The second kappa shape index (κ2) is 9.72. The van der Waals surface area contributed by atoms with E-state index in [9.17, 15) is 27.9 Å². The van der Waals surface area contributed by atoms with Crippen molar-refractivity contribution < 1.29 is 37.3 Å². The lowest BCUT2D eigenvalue weighted by atomic mass is 9.89. The number of nitrogens with two attached hydrogens (primary N) is 1. The lowest BCUT2D eigenvalue weighted by Gasteiger charge is -2.29. The molecule has 0 fully saturated rings. The van der Waals surface area contributed by atoms with Gasteiger partial charge in [0.15, 0.2) is 0 Å². The summed E-state index contributed by atoms with van der Waals surface area (Å²) in [5, 5.41) is 12.6. The Morgan fingerprint density at radius 3 is 2.51 bits per heavy atom. The van der Waals surface area contributed by atoms with E-state index in [0.717, 1.165) is 5.56 Å². The highest BCUT2D eigenvalue weighted by Gasteiger charge is 2.48. The topological polar surface area (TPSA) is 114 Å². The Kier molecular flexibility index (Phi) is 6.53. The smallest absolute Gasteiger partial charge is 0.471 e. The van der Waals surface area contributed by atoms with Crippen molar-refractivity contribution >= 4 is 34.6 Å². The molecule has 11 heteroatoms. The number of hydrogen-bond acceptors (Lipinski definition) is 6. The molecule has 204 valence electrons. The number of rotatable bonds is 6. The van der Waals surface area contributed by atoms with Gasteiger partial charge in [-0.25, -0.2) is 0 Å². The van der Waals surface area contributed by atoms with Crippen molar-refractivity contribution in [1.82, 2.24) is 0 Å². The number of anilines is 4. The van der Waals surface area contributed by atoms with Crippen LogP contribution in [0.25, 0.3) is 0 Å². The second-order valence-electron chi connectivity index (χ2n) is 9.71. The van der Waals surface area contributed by atoms with E-state index in [0.29, 0.717) is 38.8 Å². The molecule has 0 saturated heterocycles. The van der Waals surface area contributed by atoms with Crippen LogP contribution in [0.5, 0.6) is 11.5 Å². The molecule has 2 unspecified atom stereocenters. The molecule has 5 rings (SSSR count). The fraction of sp³-hybridized carbons (Fsp3) is 0.286.